The Bertz CT molecular complexity index is 465. The molecular formula is C13H16ClN3O. The van der Waals surface area contributed by atoms with Gasteiger partial charge in [-0.25, -0.2) is 4.98 Å². The number of aromatic nitrogens is 1. The van der Waals surface area contributed by atoms with E-state index in [1.807, 2.05) is 17.0 Å². The lowest BCUT2D eigenvalue weighted by Crippen LogP contribution is -2.50. The van der Waals surface area contributed by atoms with Crippen molar-refractivity contribution in [2.24, 2.45) is 0 Å². The van der Waals surface area contributed by atoms with Gasteiger partial charge >= 0.3 is 0 Å². The van der Waals surface area contributed by atoms with Gasteiger partial charge < -0.3 is 4.90 Å². The second-order valence-electron chi connectivity index (χ2n) is 4.97. The molecule has 1 unspecified atom stereocenters. The SMILES string of the molecule is O=C1CCC2CN(Cc3cccnc3Cl)CCN12. The van der Waals surface area contributed by atoms with Crippen molar-refractivity contribution in [3.63, 3.8) is 0 Å². The van der Waals surface area contributed by atoms with Crippen LogP contribution in [0.2, 0.25) is 5.15 Å². The molecule has 1 aromatic heterocycles. The highest BCUT2D eigenvalue weighted by Crippen LogP contribution is 2.24. The maximum absolute atomic E-state index is 11.6. The molecule has 2 fully saturated rings. The monoisotopic (exact) mass is 265 g/mol. The highest BCUT2D eigenvalue weighted by Gasteiger charge is 2.35. The fourth-order valence-corrected chi connectivity index (χ4v) is 3.03. The van der Waals surface area contributed by atoms with E-state index in [2.05, 4.69) is 9.88 Å². The molecule has 0 spiro atoms. The predicted molar refractivity (Wildman–Crippen MR) is 69.3 cm³/mol. The van der Waals surface area contributed by atoms with Gasteiger partial charge in [-0.3, -0.25) is 9.69 Å². The van der Waals surface area contributed by atoms with E-state index < -0.39 is 0 Å². The van der Waals surface area contributed by atoms with Crippen LogP contribution in [-0.2, 0) is 11.3 Å². The molecule has 3 rings (SSSR count). The predicted octanol–water partition coefficient (Wildman–Crippen LogP) is 1.54. The minimum Gasteiger partial charge on any atom is -0.337 e. The van der Waals surface area contributed by atoms with Gasteiger partial charge in [0.1, 0.15) is 5.15 Å². The average molecular weight is 266 g/mol. The van der Waals surface area contributed by atoms with Crippen LogP contribution in [-0.4, -0.2) is 46.4 Å². The highest BCUT2D eigenvalue weighted by atomic mass is 35.5. The third kappa shape index (κ3) is 2.22. The minimum absolute atomic E-state index is 0.319. The number of hydrogen-bond acceptors (Lipinski definition) is 3. The number of pyridine rings is 1. The van der Waals surface area contributed by atoms with Gasteiger partial charge in [0.25, 0.3) is 0 Å². The Labute approximate surface area is 112 Å². The van der Waals surface area contributed by atoms with Crippen LogP contribution in [0, 0.1) is 0 Å². The summed E-state index contributed by atoms with van der Waals surface area (Å²) in [6.45, 7) is 3.55. The molecule has 0 aliphatic carbocycles. The number of amides is 1. The highest BCUT2D eigenvalue weighted by molar-refractivity contribution is 6.30. The van der Waals surface area contributed by atoms with Gasteiger partial charge in [0.15, 0.2) is 0 Å². The van der Waals surface area contributed by atoms with Gasteiger partial charge in [-0.2, -0.15) is 0 Å². The summed E-state index contributed by atoms with van der Waals surface area (Å²) in [5, 5.41) is 0.586. The third-order valence-corrected chi connectivity index (χ3v) is 4.15. The standard InChI is InChI=1S/C13H16ClN3O/c14-13-10(2-1-5-15-13)8-16-6-7-17-11(9-16)3-4-12(17)18/h1-2,5,11H,3-4,6-9H2. The summed E-state index contributed by atoms with van der Waals surface area (Å²) in [5.41, 5.74) is 1.07. The van der Waals surface area contributed by atoms with E-state index >= 15 is 0 Å². The van der Waals surface area contributed by atoms with E-state index in [0.29, 0.717) is 23.5 Å². The Morgan fingerprint density at radius 1 is 1.44 bits per heavy atom. The van der Waals surface area contributed by atoms with Crippen LogP contribution in [0.15, 0.2) is 18.3 Å². The van der Waals surface area contributed by atoms with E-state index in [0.717, 1.165) is 38.2 Å². The molecule has 0 radical (unpaired) electrons. The molecule has 3 heterocycles. The largest absolute Gasteiger partial charge is 0.337 e. The summed E-state index contributed by atoms with van der Waals surface area (Å²) >= 11 is 6.08. The van der Waals surface area contributed by atoms with Crippen molar-refractivity contribution in [3.05, 3.63) is 29.0 Å². The second-order valence-corrected chi connectivity index (χ2v) is 5.33. The van der Waals surface area contributed by atoms with Crippen LogP contribution in [0.25, 0.3) is 0 Å². The molecule has 4 nitrogen and oxygen atoms in total. The zero-order valence-corrected chi connectivity index (χ0v) is 10.9. The van der Waals surface area contributed by atoms with Crippen molar-refractivity contribution in [2.75, 3.05) is 19.6 Å². The van der Waals surface area contributed by atoms with Gasteiger partial charge in [0.05, 0.1) is 0 Å². The van der Waals surface area contributed by atoms with Crippen molar-refractivity contribution in [3.8, 4) is 0 Å². The lowest BCUT2D eigenvalue weighted by molar-refractivity contribution is -0.130. The maximum Gasteiger partial charge on any atom is 0.222 e. The van der Waals surface area contributed by atoms with Crippen LogP contribution in [0.1, 0.15) is 18.4 Å². The Kier molecular flexibility index (Phi) is 3.22. The van der Waals surface area contributed by atoms with Crippen LogP contribution < -0.4 is 0 Å². The molecule has 0 bridgehead atoms. The van der Waals surface area contributed by atoms with Gasteiger partial charge in [-0.15, -0.1) is 0 Å². The number of carbonyl (C=O) groups excluding carboxylic acids is 1. The van der Waals surface area contributed by atoms with E-state index in [1.54, 1.807) is 6.20 Å². The summed E-state index contributed by atoms with van der Waals surface area (Å²) in [6, 6.07) is 4.33. The van der Waals surface area contributed by atoms with Crippen molar-refractivity contribution >= 4 is 17.5 Å². The zero-order valence-electron chi connectivity index (χ0n) is 10.2. The summed E-state index contributed by atoms with van der Waals surface area (Å²) in [4.78, 5) is 20.1. The topological polar surface area (TPSA) is 36.4 Å². The quantitative estimate of drug-likeness (QED) is 0.761. The first kappa shape index (κ1) is 11.9. The van der Waals surface area contributed by atoms with Gasteiger partial charge in [0, 0.05) is 50.4 Å². The number of carbonyl (C=O) groups is 1. The Morgan fingerprint density at radius 2 is 2.33 bits per heavy atom. The van der Waals surface area contributed by atoms with Crippen molar-refractivity contribution in [2.45, 2.75) is 25.4 Å². The average Bonchev–Trinajstić information content (AvgIpc) is 2.74. The molecular weight excluding hydrogens is 250 g/mol. The van der Waals surface area contributed by atoms with E-state index in [1.165, 1.54) is 0 Å². The number of piperazine rings is 1. The van der Waals surface area contributed by atoms with Crippen LogP contribution in [0.3, 0.4) is 0 Å². The molecule has 1 amide bonds. The van der Waals surface area contributed by atoms with Gasteiger partial charge in [0.2, 0.25) is 5.91 Å². The number of rotatable bonds is 2. The maximum atomic E-state index is 11.6. The first-order chi connectivity index (χ1) is 8.74. The lowest BCUT2D eigenvalue weighted by atomic mass is 10.1. The molecule has 0 N–H and O–H groups in total. The summed E-state index contributed by atoms with van der Waals surface area (Å²) in [6.07, 6.45) is 3.42. The van der Waals surface area contributed by atoms with Crippen molar-refractivity contribution < 1.29 is 4.79 Å². The van der Waals surface area contributed by atoms with Crippen LogP contribution in [0.5, 0.6) is 0 Å². The molecule has 96 valence electrons. The number of hydrogen-bond donors (Lipinski definition) is 0. The first-order valence-corrected chi connectivity index (χ1v) is 6.73. The summed E-state index contributed by atoms with van der Waals surface area (Å²) < 4.78 is 0. The van der Waals surface area contributed by atoms with Crippen molar-refractivity contribution in [1.29, 1.82) is 0 Å². The summed E-state index contributed by atoms with van der Waals surface area (Å²) in [5.74, 6) is 0.319. The third-order valence-electron chi connectivity index (χ3n) is 3.81. The van der Waals surface area contributed by atoms with E-state index in [4.69, 9.17) is 11.6 Å². The first-order valence-electron chi connectivity index (χ1n) is 6.35. The van der Waals surface area contributed by atoms with E-state index in [-0.39, 0.29) is 0 Å². The zero-order chi connectivity index (χ0) is 12.5. The molecule has 1 aromatic rings. The number of fused-ring (bicyclic) bond motifs is 1. The molecule has 2 saturated heterocycles. The fourth-order valence-electron chi connectivity index (χ4n) is 2.85. The van der Waals surface area contributed by atoms with Crippen LogP contribution in [0.4, 0.5) is 0 Å². The molecule has 1 atom stereocenters. The number of nitrogens with zero attached hydrogens (tertiary/aromatic N) is 3. The van der Waals surface area contributed by atoms with Gasteiger partial charge in [-0.05, 0) is 12.5 Å². The normalized spacial score (nSPS) is 24.4. The number of halogens is 1. The molecule has 0 saturated carbocycles. The smallest absolute Gasteiger partial charge is 0.222 e. The Balaban J connectivity index is 1.66. The lowest BCUT2D eigenvalue weighted by Gasteiger charge is -2.37. The molecule has 5 heteroatoms. The Hall–Kier alpha value is -1.13. The molecule has 0 aromatic carbocycles. The molecule has 18 heavy (non-hydrogen) atoms. The summed E-state index contributed by atoms with van der Waals surface area (Å²) in [7, 11) is 0. The molecule has 2 aliphatic rings. The fraction of sp³-hybridized carbons (Fsp3) is 0.538. The molecule has 2 aliphatic heterocycles. The Morgan fingerprint density at radius 3 is 3.17 bits per heavy atom. The van der Waals surface area contributed by atoms with Crippen molar-refractivity contribution in [1.82, 2.24) is 14.8 Å². The minimum atomic E-state index is 0.319. The second kappa shape index (κ2) is 4.86. The van der Waals surface area contributed by atoms with E-state index in [9.17, 15) is 4.79 Å². The van der Waals surface area contributed by atoms with Crippen LogP contribution >= 0.6 is 11.6 Å². The van der Waals surface area contributed by atoms with Gasteiger partial charge in [-0.1, -0.05) is 17.7 Å².